The van der Waals surface area contributed by atoms with Crippen LogP contribution in [0.2, 0.25) is 5.02 Å². The summed E-state index contributed by atoms with van der Waals surface area (Å²) in [6.45, 7) is 0. The van der Waals surface area contributed by atoms with E-state index in [1.165, 1.54) is 18.2 Å². The van der Waals surface area contributed by atoms with Gasteiger partial charge in [-0.15, -0.1) is 0 Å². The van der Waals surface area contributed by atoms with Crippen molar-refractivity contribution in [2.45, 2.75) is 9.79 Å². The van der Waals surface area contributed by atoms with E-state index in [4.69, 9.17) is 11.6 Å². The van der Waals surface area contributed by atoms with E-state index >= 15 is 0 Å². The minimum absolute atomic E-state index is 0.218. The van der Waals surface area contributed by atoms with Crippen molar-refractivity contribution < 1.29 is 21.6 Å². The maximum absolute atomic E-state index is 13.7. The van der Waals surface area contributed by atoms with Gasteiger partial charge in [-0.2, -0.15) is 0 Å². The lowest BCUT2D eigenvalue weighted by molar-refractivity contribution is 0.504. The minimum atomic E-state index is -4.26. The molecule has 29 heavy (non-hydrogen) atoms. The second-order valence-electron chi connectivity index (χ2n) is 6.25. The molecule has 0 bridgehead atoms. The second kappa shape index (κ2) is 7.17. The third-order valence-electron chi connectivity index (χ3n) is 4.42. The molecule has 0 saturated carbocycles. The molecule has 0 N–H and O–H groups in total. The fourth-order valence-corrected chi connectivity index (χ4v) is 4.61. The zero-order chi connectivity index (χ0) is 20.8. The van der Waals surface area contributed by atoms with Crippen LogP contribution in [0, 0.1) is 17.5 Å². The highest BCUT2D eigenvalue weighted by atomic mass is 35.5. The molecule has 3 nitrogen and oxygen atoms in total. The summed E-state index contributed by atoms with van der Waals surface area (Å²) in [5, 5.41) is 0.834. The summed E-state index contributed by atoms with van der Waals surface area (Å²) in [6.07, 6.45) is 1.09. The van der Waals surface area contributed by atoms with Crippen molar-refractivity contribution >= 4 is 32.3 Å². The normalized spacial score (nSPS) is 11.7. The summed E-state index contributed by atoms with van der Waals surface area (Å²) >= 11 is 5.94. The van der Waals surface area contributed by atoms with Crippen LogP contribution in [0.5, 0.6) is 0 Å². The molecule has 0 aliphatic heterocycles. The van der Waals surface area contributed by atoms with Gasteiger partial charge in [0, 0.05) is 28.2 Å². The Morgan fingerprint density at radius 1 is 0.828 bits per heavy atom. The van der Waals surface area contributed by atoms with E-state index in [2.05, 4.69) is 4.98 Å². The number of sulfone groups is 1. The first-order chi connectivity index (χ1) is 13.8. The molecule has 0 unspecified atom stereocenters. The monoisotopic (exact) mass is 433 g/mol. The van der Waals surface area contributed by atoms with Gasteiger partial charge in [-0.25, -0.2) is 21.6 Å². The average Bonchev–Trinajstić information content (AvgIpc) is 2.69. The molecule has 0 radical (unpaired) electrons. The number of aromatic nitrogens is 1. The van der Waals surface area contributed by atoms with E-state index in [0.717, 1.165) is 18.3 Å². The van der Waals surface area contributed by atoms with Gasteiger partial charge < -0.3 is 0 Å². The van der Waals surface area contributed by atoms with E-state index in [-0.39, 0.29) is 16.0 Å². The van der Waals surface area contributed by atoms with Crippen LogP contribution in [0.15, 0.2) is 76.7 Å². The second-order valence-corrected chi connectivity index (χ2v) is 8.60. The van der Waals surface area contributed by atoms with Gasteiger partial charge in [-0.3, -0.25) is 4.98 Å². The van der Waals surface area contributed by atoms with Crippen molar-refractivity contribution in [2.24, 2.45) is 0 Å². The van der Waals surface area contributed by atoms with E-state index in [1.807, 2.05) is 0 Å². The highest BCUT2D eigenvalue weighted by molar-refractivity contribution is 7.91. The molecule has 146 valence electrons. The molecule has 0 saturated heterocycles. The van der Waals surface area contributed by atoms with Crippen molar-refractivity contribution in [1.29, 1.82) is 0 Å². The summed E-state index contributed by atoms with van der Waals surface area (Å²) in [7, 11) is -4.26. The predicted octanol–water partition coefficient (Wildman–Crippen LogP) is 5.81. The lowest BCUT2D eigenvalue weighted by atomic mass is 10.0. The summed E-state index contributed by atoms with van der Waals surface area (Å²) in [6, 6.07) is 12.5. The SMILES string of the molecule is O=S(=O)(c1ccc(F)c(F)c1)c1cnc2cc(F)ccc2c1-c1ccc(Cl)cc1. The first kappa shape index (κ1) is 19.4. The van der Waals surface area contributed by atoms with Gasteiger partial charge in [0.15, 0.2) is 11.6 Å². The number of halogens is 4. The van der Waals surface area contributed by atoms with Gasteiger partial charge in [0.25, 0.3) is 0 Å². The molecule has 0 atom stereocenters. The fourth-order valence-electron chi connectivity index (χ4n) is 3.04. The summed E-state index contributed by atoms with van der Waals surface area (Å²) in [4.78, 5) is 3.43. The molecule has 0 amide bonds. The summed E-state index contributed by atoms with van der Waals surface area (Å²) in [5.41, 5.74) is 1.00. The number of hydrogen-bond donors (Lipinski definition) is 0. The molecular weight excluding hydrogens is 423 g/mol. The van der Waals surface area contributed by atoms with Crippen LogP contribution in [-0.2, 0) is 9.84 Å². The molecule has 1 heterocycles. The lowest BCUT2D eigenvalue weighted by Gasteiger charge is -2.14. The standard InChI is InChI=1S/C21H11ClF3NO2S/c22-13-3-1-12(2-4-13)21-16-7-5-14(23)9-19(16)26-11-20(21)29(27,28)15-6-8-17(24)18(25)10-15/h1-11H. The number of nitrogens with zero attached hydrogens (tertiary/aromatic N) is 1. The molecule has 3 aromatic carbocycles. The van der Waals surface area contributed by atoms with E-state index in [1.54, 1.807) is 24.3 Å². The van der Waals surface area contributed by atoms with Crippen LogP contribution in [-0.4, -0.2) is 13.4 Å². The molecule has 0 aliphatic rings. The van der Waals surface area contributed by atoms with Crippen LogP contribution in [0.25, 0.3) is 22.0 Å². The van der Waals surface area contributed by atoms with E-state index in [9.17, 15) is 21.6 Å². The number of benzene rings is 3. The van der Waals surface area contributed by atoms with Crippen molar-refractivity contribution in [3.8, 4) is 11.1 Å². The van der Waals surface area contributed by atoms with Crippen molar-refractivity contribution in [3.63, 3.8) is 0 Å². The third-order valence-corrected chi connectivity index (χ3v) is 6.44. The van der Waals surface area contributed by atoms with Crippen LogP contribution < -0.4 is 0 Å². The Morgan fingerprint density at radius 3 is 2.24 bits per heavy atom. The zero-order valence-electron chi connectivity index (χ0n) is 14.5. The number of fused-ring (bicyclic) bond motifs is 1. The summed E-state index contributed by atoms with van der Waals surface area (Å²) in [5.74, 6) is -2.97. The molecule has 1 aromatic heterocycles. The predicted molar refractivity (Wildman–Crippen MR) is 104 cm³/mol. The molecule has 0 fully saturated rings. The fraction of sp³-hybridized carbons (Fsp3) is 0. The van der Waals surface area contributed by atoms with Crippen molar-refractivity contribution in [1.82, 2.24) is 4.98 Å². The number of rotatable bonds is 3. The van der Waals surface area contributed by atoms with Crippen molar-refractivity contribution in [3.05, 3.63) is 89.3 Å². The highest BCUT2D eigenvalue weighted by Gasteiger charge is 2.26. The molecule has 4 rings (SSSR count). The van der Waals surface area contributed by atoms with E-state index < -0.39 is 32.2 Å². The molecule has 8 heteroatoms. The Labute approximate surface area is 169 Å². The Hall–Kier alpha value is -2.90. The highest BCUT2D eigenvalue weighted by Crippen LogP contribution is 2.37. The minimum Gasteiger partial charge on any atom is -0.255 e. The Bertz CT molecular complexity index is 1360. The quantitative estimate of drug-likeness (QED) is 0.383. The zero-order valence-corrected chi connectivity index (χ0v) is 16.1. The first-order valence-corrected chi connectivity index (χ1v) is 10.2. The Balaban J connectivity index is 2.06. The van der Waals surface area contributed by atoms with Gasteiger partial charge in [-0.1, -0.05) is 23.7 Å². The van der Waals surface area contributed by atoms with Gasteiger partial charge >= 0.3 is 0 Å². The van der Waals surface area contributed by atoms with Gasteiger partial charge in [0.2, 0.25) is 9.84 Å². The smallest absolute Gasteiger partial charge is 0.208 e. The number of hydrogen-bond acceptors (Lipinski definition) is 3. The topological polar surface area (TPSA) is 47.0 Å². The van der Waals surface area contributed by atoms with Gasteiger partial charge in [0.05, 0.1) is 15.3 Å². The number of pyridine rings is 1. The van der Waals surface area contributed by atoms with Crippen LogP contribution in [0.3, 0.4) is 0 Å². The Morgan fingerprint density at radius 2 is 1.55 bits per heavy atom. The van der Waals surface area contributed by atoms with Crippen LogP contribution >= 0.6 is 11.6 Å². The average molecular weight is 434 g/mol. The molecule has 0 aliphatic carbocycles. The maximum Gasteiger partial charge on any atom is 0.208 e. The van der Waals surface area contributed by atoms with Crippen LogP contribution in [0.4, 0.5) is 13.2 Å². The molecule has 0 spiro atoms. The maximum atomic E-state index is 13.7. The van der Waals surface area contributed by atoms with Gasteiger partial charge in [0.1, 0.15) is 5.82 Å². The molecule has 4 aromatic rings. The van der Waals surface area contributed by atoms with Crippen molar-refractivity contribution in [2.75, 3.05) is 0 Å². The van der Waals surface area contributed by atoms with Crippen LogP contribution in [0.1, 0.15) is 0 Å². The Kier molecular flexibility index (Phi) is 4.80. The third kappa shape index (κ3) is 3.47. The first-order valence-electron chi connectivity index (χ1n) is 8.32. The lowest BCUT2D eigenvalue weighted by Crippen LogP contribution is -2.06. The molecular formula is C21H11ClF3NO2S. The summed E-state index contributed by atoms with van der Waals surface area (Å²) < 4.78 is 67.1. The van der Waals surface area contributed by atoms with Gasteiger partial charge in [-0.05, 0) is 48.0 Å². The van der Waals surface area contributed by atoms with E-state index in [0.29, 0.717) is 22.0 Å². The largest absolute Gasteiger partial charge is 0.255 e.